The maximum atomic E-state index is 11.2. The van der Waals surface area contributed by atoms with Crippen LogP contribution in [0.1, 0.15) is 40.5 Å². The molecule has 0 spiro atoms. The summed E-state index contributed by atoms with van der Waals surface area (Å²) in [5.74, 6) is 0.612. The largest absolute Gasteiger partial charge is 0.395 e. The SMILES string of the molecule is CC(C)C(C)(C)CCC(=O)NCCO. The Balaban J connectivity index is 3.76. The van der Waals surface area contributed by atoms with Gasteiger partial charge < -0.3 is 10.4 Å². The van der Waals surface area contributed by atoms with Crippen LogP contribution in [-0.4, -0.2) is 24.2 Å². The monoisotopic (exact) mass is 201 g/mol. The molecule has 2 N–H and O–H groups in total. The zero-order valence-electron chi connectivity index (χ0n) is 9.76. The first-order valence-electron chi connectivity index (χ1n) is 5.27. The van der Waals surface area contributed by atoms with Crippen LogP contribution in [0.5, 0.6) is 0 Å². The van der Waals surface area contributed by atoms with Crippen LogP contribution >= 0.6 is 0 Å². The van der Waals surface area contributed by atoms with Gasteiger partial charge in [0.25, 0.3) is 0 Å². The van der Waals surface area contributed by atoms with E-state index in [9.17, 15) is 4.79 Å². The smallest absolute Gasteiger partial charge is 0.220 e. The number of hydrogen-bond acceptors (Lipinski definition) is 2. The molecular formula is C11H23NO2. The minimum Gasteiger partial charge on any atom is -0.395 e. The van der Waals surface area contributed by atoms with Crippen molar-refractivity contribution >= 4 is 5.91 Å². The lowest BCUT2D eigenvalue weighted by Gasteiger charge is -2.28. The third kappa shape index (κ3) is 5.22. The molecule has 0 saturated carbocycles. The van der Waals surface area contributed by atoms with E-state index in [-0.39, 0.29) is 17.9 Å². The molecule has 14 heavy (non-hydrogen) atoms. The highest BCUT2D eigenvalue weighted by Gasteiger charge is 2.22. The Kier molecular flexibility index (Phi) is 5.77. The zero-order valence-corrected chi connectivity index (χ0v) is 9.76. The van der Waals surface area contributed by atoms with E-state index >= 15 is 0 Å². The molecule has 0 fully saturated rings. The number of amides is 1. The second-order valence-electron chi connectivity index (χ2n) is 4.72. The Morgan fingerprint density at radius 2 is 2.00 bits per heavy atom. The number of hydrogen-bond donors (Lipinski definition) is 2. The van der Waals surface area contributed by atoms with Crippen molar-refractivity contribution < 1.29 is 9.90 Å². The molecule has 3 heteroatoms. The highest BCUT2D eigenvalue weighted by atomic mass is 16.3. The molecule has 0 atom stereocenters. The summed E-state index contributed by atoms with van der Waals surface area (Å²) in [6.07, 6.45) is 1.44. The van der Waals surface area contributed by atoms with Crippen molar-refractivity contribution in [1.29, 1.82) is 0 Å². The predicted molar refractivity (Wildman–Crippen MR) is 57.9 cm³/mol. The van der Waals surface area contributed by atoms with Gasteiger partial charge in [0.1, 0.15) is 0 Å². The van der Waals surface area contributed by atoms with Gasteiger partial charge in [-0.2, -0.15) is 0 Å². The molecule has 0 heterocycles. The lowest BCUT2D eigenvalue weighted by Crippen LogP contribution is -2.28. The van der Waals surface area contributed by atoms with Crippen LogP contribution in [0, 0.1) is 11.3 Å². The average molecular weight is 201 g/mol. The summed E-state index contributed by atoms with van der Waals surface area (Å²) in [6.45, 7) is 9.07. The van der Waals surface area contributed by atoms with Crippen molar-refractivity contribution in [2.24, 2.45) is 11.3 Å². The van der Waals surface area contributed by atoms with Gasteiger partial charge in [-0.3, -0.25) is 4.79 Å². The summed E-state index contributed by atoms with van der Waals surface area (Å²) in [5.41, 5.74) is 0.205. The molecule has 84 valence electrons. The van der Waals surface area contributed by atoms with Crippen LogP contribution in [-0.2, 0) is 4.79 Å². The third-order valence-corrected chi connectivity index (χ3v) is 2.99. The lowest BCUT2D eigenvalue weighted by atomic mass is 9.77. The van der Waals surface area contributed by atoms with Crippen LogP contribution in [0.15, 0.2) is 0 Å². The Morgan fingerprint density at radius 3 is 2.43 bits per heavy atom. The Labute approximate surface area is 86.9 Å². The highest BCUT2D eigenvalue weighted by Crippen LogP contribution is 2.31. The zero-order chi connectivity index (χ0) is 11.2. The van der Waals surface area contributed by atoms with E-state index < -0.39 is 0 Å². The molecule has 0 aliphatic heterocycles. The van der Waals surface area contributed by atoms with Crippen molar-refractivity contribution in [3.8, 4) is 0 Å². The fraction of sp³-hybridized carbons (Fsp3) is 0.909. The highest BCUT2D eigenvalue weighted by molar-refractivity contribution is 5.75. The molecule has 0 aliphatic rings. The van der Waals surface area contributed by atoms with Gasteiger partial charge in [-0.25, -0.2) is 0 Å². The van der Waals surface area contributed by atoms with E-state index in [1.54, 1.807) is 0 Å². The molecule has 0 bridgehead atoms. The molecule has 0 rings (SSSR count). The first kappa shape index (κ1) is 13.4. The first-order valence-corrected chi connectivity index (χ1v) is 5.27. The molecule has 1 amide bonds. The van der Waals surface area contributed by atoms with Gasteiger partial charge >= 0.3 is 0 Å². The molecule has 0 saturated heterocycles. The average Bonchev–Trinajstić information content (AvgIpc) is 2.11. The standard InChI is InChI=1S/C11H23NO2/c1-9(2)11(3,4)6-5-10(14)12-7-8-13/h9,13H,5-8H2,1-4H3,(H,12,14). The third-order valence-electron chi connectivity index (χ3n) is 2.99. The van der Waals surface area contributed by atoms with E-state index in [2.05, 4.69) is 33.0 Å². The van der Waals surface area contributed by atoms with Gasteiger partial charge in [0.15, 0.2) is 0 Å². The molecular weight excluding hydrogens is 178 g/mol. The van der Waals surface area contributed by atoms with E-state index in [4.69, 9.17) is 5.11 Å². The second kappa shape index (κ2) is 6.02. The molecule has 0 aromatic rings. The van der Waals surface area contributed by atoms with Crippen LogP contribution in [0.3, 0.4) is 0 Å². The van der Waals surface area contributed by atoms with Gasteiger partial charge in [0.05, 0.1) is 6.61 Å². The van der Waals surface area contributed by atoms with Crippen molar-refractivity contribution in [2.75, 3.05) is 13.2 Å². The Morgan fingerprint density at radius 1 is 1.43 bits per heavy atom. The molecule has 0 unspecified atom stereocenters. The summed E-state index contributed by atoms with van der Waals surface area (Å²) in [4.78, 5) is 11.2. The van der Waals surface area contributed by atoms with Crippen molar-refractivity contribution in [1.82, 2.24) is 5.32 Å². The van der Waals surface area contributed by atoms with E-state index in [0.29, 0.717) is 18.9 Å². The fourth-order valence-electron chi connectivity index (χ4n) is 1.01. The number of aliphatic hydroxyl groups excluding tert-OH is 1. The minimum atomic E-state index is 0.0132. The predicted octanol–water partition coefficient (Wildman–Crippen LogP) is 1.56. The van der Waals surface area contributed by atoms with Gasteiger partial charge in [-0.15, -0.1) is 0 Å². The maximum Gasteiger partial charge on any atom is 0.220 e. The van der Waals surface area contributed by atoms with Gasteiger partial charge in [0, 0.05) is 13.0 Å². The van der Waals surface area contributed by atoms with E-state index in [0.717, 1.165) is 6.42 Å². The Bertz CT molecular complexity index is 176. The number of carbonyl (C=O) groups excluding carboxylic acids is 1. The number of nitrogens with one attached hydrogen (secondary N) is 1. The first-order chi connectivity index (χ1) is 6.40. The molecule has 0 aromatic heterocycles. The number of carbonyl (C=O) groups is 1. The normalized spacial score (nSPS) is 11.9. The number of rotatable bonds is 6. The Hall–Kier alpha value is -0.570. The van der Waals surface area contributed by atoms with Gasteiger partial charge in [-0.1, -0.05) is 27.7 Å². The lowest BCUT2D eigenvalue weighted by molar-refractivity contribution is -0.121. The summed E-state index contributed by atoms with van der Waals surface area (Å²) in [7, 11) is 0. The summed E-state index contributed by atoms with van der Waals surface area (Å²) in [5, 5.41) is 11.2. The van der Waals surface area contributed by atoms with Gasteiger partial charge in [0.2, 0.25) is 5.91 Å². The summed E-state index contributed by atoms with van der Waals surface area (Å²) in [6, 6.07) is 0. The van der Waals surface area contributed by atoms with Gasteiger partial charge in [-0.05, 0) is 17.8 Å². The fourth-order valence-corrected chi connectivity index (χ4v) is 1.01. The topological polar surface area (TPSA) is 49.3 Å². The van der Waals surface area contributed by atoms with Crippen molar-refractivity contribution in [3.05, 3.63) is 0 Å². The van der Waals surface area contributed by atoms with Crippen molar-refractivity contribution in [3.63, 3.8) is 0 Å². The maximum absolute atomic E-state index is 11.2. The molecule has 0 radical (unpaired) electrons. The number of aliphatic hydroxyl groups is 1. The second-order valence-corrected chi connectivity index (χ2v) is 4.72. The van der Waals surface area contributed by atoms with E-state index in [1.807, 2.05) is 0 Å². The van der Waals surface area contributed by atoms with E-state index in [1.165, 1.54) is 0 Å². The van der Waals surface area contributed by atoms with Crippen LogP contribution in [0.25, 0.3) is 0 Å². The summed E-state index contributed by atoms with van der Waals surface area (Å²) < 4.78 is 0. The van der Waals surface area contributed by atoms with Crippen LogP contribution < -0.4 is 5.32 Å². The van der Waals surface area contributed by atoms with Crippen LogP contribution in [0.4, 0.5) is 0 Å². The quantitative estimate of drug-likeness (QED) is 0.685. The molecule has 0 aliphatic carbocycles. The van der Waals surface area contributed by atoms with Crippen LogP contribution in [0.2, 0.25) is 0 Å². The minimum absolute atomic E-state index is 0.0132. The molecule has 0 aromatic carbocycles. The van der Waals surface area contributed by atoms with Crippen molar-refractivity contribution in [2.45, 2.75) is 40.5 Å². The molecule has 3 nitrogen and oxygen atoms in total. The summed E-state index contributed by atoms with van der Waals surface area (Å²) >= 11 is 0.